The second-order valence-corrected chi connectivity index (χ2v) is 4.24. The second-order valence-electron chi connectivity index (χ2n) is 4.24. The molecule has 0 unspecified atom stereocenters. The molecule has 1 rings (SSSR count). The van der Waals surface area contributed by atoms with Crippen molar-refractivity contribution in [3.63, 3.8) is 0 Å². The van der Waals surface area contributed by atoms with E-state index in [1.165, 1.54) is 34.9 Å². The van der Waals surface area contributed by atoms with Crippen molar-refractivity contribution in [3.8, 4) is 0 Å². The summed E-state index contributed by atoms with van der Waals surface area (Å²) in [4.78, 5) is 24.9. The minimum atomic E-state index is -2.55. The highest BCUT2D eigenvalue weighted by molar-refractivity contribution is 5.94. The summed E-state index contributed by atoms with van der Waals surface area (Å²) in [5, 5.41) is 0. The number of carbonyl (C=O) groups excluding carboxylic acids is 2. The molecular formula is C13H18F2N2O3. The first-order valence-corrected chi connectivity index (χ1v) is 6.29. The van der Waals surface area contributed by atoms with Crippen molar-refractivity contribution in [1.82, 2.24) is 9.47 Å². The summed E-state index contributed by atoms with van der Waals surface area (Å²) in [6, 6.07) is 2.99. The second kappa shape index (κ2) is 7.62. The maximum Gasteiger partial charge on any atom is 0.325 e. The van der Waals surface area contributed by atoms with Gasteiger partial charge in [0.1, 0.15) is 12.2 Å². The van der Waals surface area contributed by atoms with E-state index in [-0.39, 0.29) is 12.2 Å². The third-order valence-electron chi connectivity index (χ3n) is 2.71. The molecule has 20 heavy (non-hydrogen) atoms. The van der Waals surface area contributed by atoms with E-state index >= 15 is 0 Å². The number of esters is 1. The van der Waals surface area contributed by atoms with Gasteiger partial charge in [0.2, 0.25) is 0 Å². The van der Waals surface area contributed by atoms with Crippen molar-refractivity contribution in [2.75, 3.05) is 20.2 Å². The fourth-order valence-electron chi connectivity index (χ4n) is 1.82. The van der Waals surface area contributed by atoms with Crippen LogP contribution in [0.1, 0.15) is 23.8 Å². The molecule has 0 spiro atoms. The summed E-state index contributed by atoms with van der Waals surface area (Å²) in [5.74, 6) is -0.998. The van der Waals surface area contributed by atoms with Gasteiger partial charge in [0.05, 0.1) is 13.7 Å². The summed E-state index contributed by atoms with van der Waals surface area (Å²) in [5.41, 5.74) is 0.141. The molecule has 0 saturated carbocycles. The molecule has 0 radical (unpaired) electrons. The molecule has 1 heterocycles. The summed E-state index contributed by atoms with van der Waals surface area (Å²) >= 11 is 0. The maximum absolute atomic E-state index is 12.4. The molecule has 1 aromatic heterocycles. The van der Waals surface area contributed by atoms with Crippen LogP contribution in [0.25, 0.3) is 0 Å². The molecule has 0 aliphatic carbocycles. The Morgan fingerprint density at radius 3 is 2.70 bits per heavy atom. The third kappa shape index (κ3) is 4.32. The average Bonchev–Trinajstić information content (AvgIpc) is 2.84. The van der Waals surface area contributed by atoms with E-state index in [4.69, 9.17) is 0 Å². The average molecular weight is 288 g/mol. The number of aromatic nitrogens is 1. The Bertz CT molecular complexity index is 460. The van der Waals surface area contributed by atoms with Gasteiger partial charge in [0.15, 0.2) is 0 Å². The SMILES string of the molecule is CCCN(CC(=O)OC)C(=O)c1cccn1CC(F)F. The van der Waals surface area contributed by atoms with E-state index in [0.717, 1.165) is 0 Å². The van der Waals surface area contributed by atoms with E-state index in [2.05, 4.69) is 4.74 Å². The number of rotatable bonds is 7. The molecule has 0 aliphatic rings. The first-order chi connectivity index (χ1) is 9.49. The number of alkyl halides is 2. The van der Waals surface area contributed by atoms with Crippen LogP contribution in [0, 0.1) is 0 Å². The molecule has 112 valence electrons. The van der Waals surface area contributed by atoms with E-state index in [1.54, 1.807) is 0 Å². The quantitative estimate of drug-likeness (QED) is 0.719. The fourth-order valence-corrected chi connectivity index (χ4v) is 1.82. The van der Waals surface area contributed by atoms with Crippen LogP contribution in [0.5, 0.6) is 0 Å². The van der Waals surface area contributed by atoms with E-state index in [1.807, 2.05) is 6.92 Å². The Labute approximate surface area is 116 Å². The highest BCUT2D eigenvalue weighted by Gasteiger charge is 2.21. The molecule has 5 nitrogen and oxygen atoms in total. The largest absolute Gasteiger partial charge is 0.468 e. The molecule has 1 amide bonds. The normalized spacial score (nSPS) is 10.7. The molecular weight excluding hydrogens is 270 g/mol. The standard InChI is InChI=1S/C13H18F2N2O3/c1-3-6-17(9-12(18)20-2)13(19)10-5-4-7-16(10)8-11(14)15/h4-5,7,11H,3,6,8-9H2,1-2H3. The Morgan fingerprint density at radius 2 is 2.15 bits per heavy atom. The van der Waals surface area contributed by atoms with Crippen molar-refractivity contribution in [3.05, 3.63) is 24.0 Å². The Hall–Kier alpha value is -1.92. The highest BCUT2D eigenvalue weighted by Crippen LogP contribution is 2.10. The molecule has 0 aromatic carbocycles. The predicted octanol–water partition coefficient (Wildman–Crippen LogP) is 1.78. The summed E-state index contributed by atoms with van der Waals surface area (Å²) in [6.07, 6.45) is -0.478. The van der Waals surface area contributed by atoms with Gasteiger partial charge in [0.25, 0.3) is 12.3 Å². The zero-order valence-electron chi connectivity index (χ0n) is 11.5. The van der Waals surface area contributed by atoms with Crippen molar-refractivity contribution in [1.29, 1.82) is 0 Å². The predicted molar refractivity (Wildman–Crippen MR) is 68.6 cm³/mol. The topological polar surface area (TPSA) is 51.5 Å². The van der Waals surface area contributed by atoms with Gasteiger partial charge in [-0.3, -0.25) is 9.59 Å². The third-order valence-corrected chi connectivity index (χ3v) is 2.71. The van der Waals surface area contributed by atoms with Gasteiger partial charge in [-0.05, 0) is 18.6 Å². The molecule has 0 N–H and O–H groups in total. The van der Waals surface area contributed by atoms with Gasteiger partial charge in [-0.1, -0.05) is 6.92 Å². The smallest absolute Gasteiger partial charge is 0.325 e. The van der Waals surface area contributed by atoms with Crippen molar-refractivity contribution in [2.45, 2.75) is 26.3 Å². The van der Waals surface area contributed by atoms with Gasteiger partial charge in [-0.25, -0.2) is 8.78 Å². The van der Waals surface area contributed by atoms with Gasteiger partial charge in [-0.15, -0.1) is 0 Å². The van der Waals surface area contributed by atoms with Crippen LogP contribution >= 0.6 is 0 Å². The molecule has 0 bridgehead atoms. The number of nitrogens with zero attached hydrogens (tertiary/aromatic N) is 2. The Balaban J connectivity index is 2.88. The van der Waals surface area contributed by atoms with Gasteiger partial charge in [-0.2, -0.15) is 0 Å². The van der Waals surface area contributed by atoms with E-state index in [0.29, 0.717) is 13.0 Å². The Morgan fingerprint density at radius 1 is 1.45 bits per heavy atom. The van der Waals surface area contributed by atoms with Gasteiger partial charge in [0, 0.05) is 12.7 Å². The highest BCUT2D eigenvalue weighted by atomic mass is 19.3. The minimum absolute atomic E-state index is 0.141. The Kier molecular flexibility index (Phi) is 6.14. The molecule has 0 atom stereocenters. The van der Waals surface area contributed by atoms with Crippen molar-refractivity contribution >= 4 is 11.9 Å². The lowest BCUT2D eigenvalue weighted by molar-refractivity contribution is -0.141. The van der Waals surface area contributed by atoms with E-state index < -0.39 is 24.8 Å². The lowest BCUT2D eigenvalue weighted by Crippen LogP contribution is -2.38. The first-order valence-electron chi connectivity index (χ1n) is 6.29. The van der Waals surface area contributed by atoms with Crippen LogP contribution < -0.4 is 0 Å². The molecule has 0 saturated heterocycles. The number of halogens is 2. The van der Waals surface area contributed by atoms with E-state index in [9.17, 15) is 18.4 Å². The summed E-state index contributed by atoms with van der Waals surface area (Å²) < 4.78 is 30.6. The number of methoxy groups -OCH3 is 1. The van der Waals surface area contributed by atoms with Crippen LogP contribution in [0.3, 0.4) is 0 Å². The zero-order chi connectivity index (χ0) is 15.1. The lowest BCUT2D eigenvalue weighted by Gasteiger charge is -2.21. The lowest BCUT2D eigenvalue weighted by atomic mass is 10.3. The summed E-state index contributed by atoms with van der Waals surface area (Å²) in [6.45, 7) is 1.47. The fraction of sp³-hybridized carbons (Fsp3) is 0.538. The number of amides is 1. The van der Waals surface area contributed by atoms with Crippen LogP contribution in [0.2, 0.25) is 0 Å². The number of ether oxygens (including phenoxy) is 1. The van der Waals surface area contributed by atoms with Crippen LogP contribution in [-0.2, 0) is 16.1 Å². The van der Waals surface area contributed by atoms with Gasteiger partial charge < -0.3 is 14.2 Å². The van der Waals surface area contributed by atoms with Gasteiger partial charge >= 0.3 is 5.97 Å². The van der Waals surface area contributed by atoms with Crippen LogP contribution in [-0.4, -0.2) is 48.0 Å². The minimum Gasteiger partial charge on any atom is -0.468 e. The number of carbonyl (C=O) groups is 2. The van der Waals surface area contributed by atoms with Crippen LogP contribution in [0.15, 0.2) is 18.3 Å². The number of hydrogen-bond acceptors (Lipinski definition) is 3. The molecule has 0 fully saturated rings. The molecule has 1 aromatic rings. The van der Waals surface area contributed by atoms with Crippen molar-refractivity contribution < 1.29 is 23.1 Å². The number of hydrogen-bond donors (Lipinski definition) is 0. The molecule has 7 heteroatoms. The monoisotopic (exact) mass is 288 g/mol. The molecule has 0 aliphatic heterocycles. The first kappa shape index (κ1) is 16.1. The zero-order valence-corrected chi connectivity index (χ0v) is 11.5. The summed E-state index contributed by atoms with van der Waals surface area (Å²) in [7, 11) is 1.23. The van der Waals surface area contributed by atoms with Crippen molar-refractivity contribution in [2.24, 2.45) is 0 Å². The van der Waals surface area contributed by atoms with Crippen LogP contribution in [0.4, 0.5) is 8.78 Å². The maximum atomic E-state index is 12.4.